The van der Waals surface area contributed by atoms with Crippen molar-refractivity contribution < 1.29 is 13.6 Å². The van der Waals surface area contributed by atoms with Gasteiger partial charge in [-0.1, -0.05) is 27.7 Å². The van der Waals surface area contributed by atoms with E-state index in [4.69, 9.17) is 0 Å². The summed E-state index contributed by atoms with van der Waals surface area (Å²) in [6.07, 6.45) is 3.32. The SMILES string of the molecule is O=C(CSc1nnc(-c2ccncc2)n1-c1ccc(Br)cc1)Nc1c(F)cc(F)cc1Br. The second kappa shape index (κ2) is 9.88. The minimum absolute atomic E-state index is 0.0612. The Labute approximate surface area is 202 Å². The van der Waals surface area contributed by atoms with Gasteiger partial charge < -0.3 is 5.32 Å². The molecular weight excluding hydrogens is 568 g/mol. The molecule has 0 saturated carbocycles. The van der Waals surface area contributed by atoms with Crippen molar-refractivity contribution in [2.45, 2.75) is 5.16 Å². The quantitative estimate of drug-likeness (QED) is 0.289. The molecule has 0 spiro atoms. The van der Waals surface area contributed by atoms with E-state index < -0.39 is 17.5 Å². The van der Waals surface area contributed by atoms with E-state index in [1.165, 1.54) is 0 Å². The van der Waals surface area contributed by atoms with Crippen LogP contribution in [0.3, 0.4) is 0 Å². The van der Waals surface area contributed by atoms with E-state index in [1.807, 2.05) is 41.0 Å². The topological polar surface area (TPSA) is 72.7 Å². The lowest BCUT2D eigenvalue weighted by Gasteiger charge is -2.11. The maximum absolute atomic E-state index is 14.0. The standard InChI is InChI=1S/C21H13Br2F2N5OS/c22-13-1-3-15(4-2-13)30-20(12-5-7-26-8-6-12)28-29-21(30)32-11-18(31)27-19-16(23)9-14(24)10-17(19)25/h1-10H,11H2,(H,27,31). The molecule has 0 aliphatic rings. The molecule has 0 aliphatic carbocycles. The van der Waals surface area contributed by atoms with Crippen LogP contribution in [-0.2, 0) is 4.79 Å². The molecule has 0 unspecified atom stereocenters. The van der Waals surface area contributed by atoms with Gasteiger partial charge in [0.1, 0.15) is 5.82 Å². The predicted octanol–water partition coefficient (Wildman–Crippen LogP) is 5.86. The van der Waals surface area contributed by atoms with Crippen LogP contribution in [0.15, 0.2) is 75.0 Å². The molecule has 162 valence electrons. The van der Waals surface area contributed by atoms with E-state index in [0.29, 0.717) is 17.0 Å². The number of anilines is 1. The van der Waals surface area contributed by atoms with Gasteiger partial charge in [0, 0.05) is 38.7 Å². The first-order chi connectivity index (χ1) is 15.4. The zero-order valence-corrected chi connectivity index (χ0v) is 20.1. The van der Waals surface area contributed by atoms with E-state index in [9.17, 15) is 13.6 Å². The molecule has 0 bridgehead atoms. The summed E-state index contributed by atoms with van der Waals surface area (Å²) in [5.74, 6) is -1.56. The maximum Gasteiger partial charge on any atom is 0.234 e. The minimum atomic E-state index is -0.867. The highest BCUT2D eigenvalue weighted by Gasteiger charge is 2.18. The molecule has 32 heavy (non-hydrogen) atoms. The molecule has 0 aliphatic heterocycles. The lowest BCUT2D eigenvalue weighted by Crippen LogP contribution is -2.16. The normalized spacial score (nSPS) is 10.9. The molecule has 1 N–H and O–H groups in total. The summed E-state index contributed by atoms with van der Waals surface area (Å²) in [6.45, 7) is 0. The first-order valence-electron chi connectivity index (χ1n) is 9.11. The molecule has 2 heterocycles. The van der Waals surface area contributed by atoms with Gasteiger partial charge in [-0.25, -0.2) is 8.78 Å². The maximum atomic E-state index is 14.0. The van der Waals surface area contributed by atoms with Crippen LogP contribution in [-0.4, -0.2) is 31.4 Å². The number of nitrogens with one attached hydrogen (secondary N) is 1. The Kier molecular flexibility index (Phi) is 6.97. The summed E-state index contributed by atoms with van der Waals surface area (Å²) in [5, 5.41) is 11.5. The number of rotatable bonds is 6. The Morgan fingerprint density at radius 2 is 1.75 bits per heavy atom. The van der Waals surface area contributed by atoms with E-state index in [0.717, 1.165) is 33.6 Å². The number of halogens is 4. The molecule has 1 amide bonds. The summed E-state index contributed by atoms with van der Waals surface area (Å²) in [6, 6.07) is 13.0. The lowest BCUT2D eigenvalue weighted by atomic mass is 10.2. The number of aromatic nitrogens is 4. The number of carbonyl (C=O) groups excluding carboxylic acids is 1. The highest BCUT2D eigenvalue weighted by molar-refractivity contribution is 9.10. The number of hydrogen-bond acceptors (Lipinski definition) is 5. The largest absolute Gasteiger partial charge is 0.322 e. The van der Waals surface area contributed by atoms with Crippen molar-refractivity contribution in [3.05, 3.63) is 81.5 Å². The predicted molar refractivity (Wildman–Crippen MR) is 126 cm³/mol. The van der Waals surface area contributed by atoms with Crippen molar-refractivity contribution in [1.82, 2.24) is 19.7 Å². The third kappa shape index (κ3) is 5.05. The number of benzene rings is 2. The molecule has 0 atom stereocenters. The summed E-state index contributed by atoms with van der Waals surface area (Å²) in [5.41, 5.74) is 1.49. The second-order valence-electron chi connectivity index (χ2n) is 6.44. The highest BCUT2D eigenvalue weighted by atomic mass is 79.9. The van der Waals surface area contributed by atoms with Gasteiger partial charge in [0.05, 0.1) is 11.4 Å². The van der Waals surface area contributed by atoms with Crippen molar-refractivity contribution in [1.29, 1.82) is 0 Å². The Balaban J connectivity index is 1.59. The number of amides is 1. The monoisotopic (exact) mass is 579 g/mol. The van der Waals surface area contributed by atoms with Gasteiger partial charge in [-0.05, 0) is 58.4 Å². The fourth-order valence-electron chi connectivity index (χ4n) is 2.84. The van der Waals surface area contributed by atoms with Crippen LogP contribution < -0.4 is 5.32 Å². The van der Waals surface area contributed by atoms with Crippen LogP contribution in [0.4, 0.5) is 14.5 Å². The van der Waals surface area contributed by atoms with Crippen LogP contribution >= 0.6 is 43.6 Å². The highest BCUT2D eigenvalue weighted by Crippen LogP contribution is 2.30. The first kappa shape index (κ1) is 22.6. The smallest absolute Gasteiger partial charge is 0.234 e. The third-order valence-corrected chi connectivity index (χ3v) is 6.34. The third-order valence-electron chi connectivity index (χ3n) is 4.26. The average molecular weight is 581 g/mol. The van der Waals surface area contributed by atoms with Crippen molar-refractivity contribution in [2.75, 3.05) is 11.1 Å². The van der Waals surface area contributed by atoms with Crippen LogP contribution in [0, 0.1) is 11.6 Å². The molecule has 0 saturated heterocycles. The molecule has 2 aromatic carbocycles. The molecular formula is C21H13Br2F2N5OS. The van der Waals surface area contributed by atoms with Gasteiger partial charge in [0.15, 0.2) is 16.8 Å². The molecule has 0 radical (unpaired) electrons. The average Bonchev–Trinajstić information content (AvgIpc) is 3.20. The molecule has 2 aromatic heterocycles. The Hall–Kier alpha value is -2.63. The van der Waals surface area contributed by atoms with E-state index >= 15 is 0 Å². The molecule has 11 heteroatoms. The molecule has 4 aromatic rings. The molecule has 6 nitrogen and oxygen atoms in total. The van der Waals surface area contributed by atoms with Crippen LogP contribution in [0.25, 0.3) is 17.1 Å². The molecule has 4 rings (SSSR count). The zero-order valence-electron chi connectivity index (χ0n) is 16.1. The minimum Gasteiger partial charge on any atom is -0.322 e. The van der Waals surface area contributed by atoms with Crippen LogP contribution in [0.2, 0.25) is 0 Å². The Morgan fingerprint density at radius 3 is 2.44 bits per heavy atom. The van der Waals surface area contributed by atoms with Crippen molar-refractivity contribution in [3.8, 4) is 17.1 Å². The van der Waals surface area contributed by atoms with Crippen LogP contribution in [0.5, 0.6) is 0 Å². The number of carbonyl (C=O) groups is 1. The van der Waals surface area contributed by atoms with Crippen molar-refractivity contribution in [2.24, 2.45) is 0 Å². The first-order valence-corrected chi connectivity index (χ1v) is 11.7. The number of thioether (sulfide) groups is 1. The van der Waals surface area contributed by atoms with E-state index in [1.54, 1.807) is 12.4 Å². The van der Waals surface area contributed by atoms with Gasteiger partial charge in [0.2, 0.25) is 5.91 Å². The fourth-order valence-corrected chi connectivity index (χ4v) is 4.36. The summed E-state index contributed by atoms with van der Waals surface area (Å²) in [4.78, 5) is 16.5. The second-order valence-corrected chi connectivity index (χ2v) is 9.15. The number of hydrogen-bond donors (Lipinski definition) is 1. The summed E-state index contributed by atoms with van der Waals surface area (Å²) in [7, 11) is 0. The van der Waals surface area contributed by atoms with Gasteiger partial charge in [-0.15, -0.1) is 10.2 Å². The summed E-state index contributed by atoms with van der Waals surface area (Å²) < 4.78 is 30.2. The summed E-state index contributed by atoms with van der Waals surface area (Å²) >= 11 is 7.63. The fraction of sp³-hybridized carbons (Fsp3) is 0.0476. The lowest BCUT2D eigenvalue weighted by molar-refractivity contribution is -0.113. The van der Waals surface area contributed by atoms with Gasteiger partial charge >= 0.3 is 0 Å². The van der Waals surface area contributed by atoms with Gasteiger partial charge in [-0.2, -0.15) is 0 Å². The van der Waals surface area contributed by atoms with Crippen LogP contribution in [0.1, 0.15) is 0 Å². The van der Waals surface area contributed by atoms with E-state index in [2.05, 4.69) is 52.4 Å². The number of pyridine rings is 1. The van der Waals surface area contributed by atoms with E-state index in [-0.39, 0.29) is 15.9 Å². The van der Waals surface area contributed by atoms with Gasteiger partial charge in [-0.3, -0.25) is 14.3 Å². The number of nitrogens with zero attached hydrogens (tertiary/aromatic N) is 4. The zero-order chi connectivity index (χ0) is 22.7. The van der Waals surface area contributed by atoms with Crippen molar-refractivity contribution >= 4 is 55.2 Å². The Bertz CT molecular complexity index is 1250. The Morgan fingerprint density at radius 1 is 1.03 bits per heavy atom. The van der Waals surface area contributed by atoms with Gasteiger partial charge in [0.25, 0.3) is 0 Å². The molecule has 0 fully saturated rings. The van der Waals surface area contributed by atoms with Crippen molar-refractivity contribution in [3.63, 3.8) is 0 Å².